The van der Waals surface area contributed by atoms with Crippen LogP contribution >= 0.6 is 15.9 Å². The summed E-state index contributed by atoms with van der Waals surface area (Å²) in [7, 11) is 0. The summed E-state index contributed by atoms with van der Waals surface area (Å²) in [6, 6.07) is 9.99. The summed E-state index contributed by atoms with van der Waals surface area (Å²) in [4.78, 5) is 8.25. The number of aryl methyl sites for hydroxylation is 1. The maximum absolute atomic E-state index is 5.61. The van der Waals surface area contributed by atoms with E-state index < -0.39 is 0 Å². The van der Waals surface area contributed by atoms with Crippen molar-refractivity contribution in [3.05, 3.63) is 52.5 Å². The van der Waals surface area contributed by atoms with Gasteiger partial charge in [0.25, 0.3) is 0 Å². The minimum Gasteiger partial charge on any atom is -0.484 e. The molecule has 2 aromatic rings. The van der Waals surface area contributed by atoms with Crippen LogP contribution in [-0.2, 0) is 6.61 Å². The highest BCUT2D eigenvalue weighted by Crippen LogP contribution is 2.21. The molecule has 0 spiro atoms. The predicted octanol–water partition coefficient (Wildman–Crippen LogP) is 3.13. The molecule has 16 heavy (non-hydrogen) atoms. The van der Waals surface area contributed by atoms with Crippen molar-refractivity contribution in [2.45, 2.75) is 13.5 Å². The Morgan fingerprint density at radius 1 is 1.25 bits per heavy atom. The molecule has 0 saturated carbocycles. The first-order chi connectivity index (χ1) is 7.75. The topological polar surface area (TPSA) is 35.0 Å². The van der Waals surface area contributed by atoms with Crippen LogP contribution in [0.2, 0.25) is 0 Å². The van der Waals surface area contributed by atoms with E-state index in [9.17, 15) is 0 Å². The second-order valence-corrected chi connectivity index (χ2v) is 4.10. The summed E-state index contributed by atoms with van der Waals surface area (Å²) in [6.45, 7) is 2.36. The van der Waals surface area contributed by atoms with E-state index in [0.29, 0.717) is 17.0 Å². The van der Waals surface area contributed by atoms with Crippen LogP contribution in [-0.4, -0.2) is 9.97 Å². The van der Waals surface area contributed by atoms with Crippen molar-refractivity contribution >= 4 is 15.9 Å². The molecule has 82 valence electrons. The van der Waals surface area contributed by atoms with Gasteiger partial charge in [-0.15, -0.1) is 0 Å². The Hall–Kier alpha value is -1.42. The normalized spacial score (nSPS) is 10.1. The van der Waals surface area contributed by atoms with E-state index in [-0.39, 0.29) is 0 Å². The Morgan fingerprint density at radius 3 is 2.69 bits per heavy atom. The van der Waals surface area contributed by atoms with Gasteiger partial charge in [-0.25, -0.2) is 9.97 Å². The molecule has 4 heteroatoms. The van der Waals surface area contributed by atoms with Gasteiger partial charge in [-0.05, 0) is 28.4 Å². The van der Waals surface area contributed by atoms with E-state index in [2.05, 4.69) is 25.9 Å². The minimum absolute atomic E-state index is 0.520. The first-order valence-electron chi connectivity index (χ1n) is 4.91. The van der Waals surface area contributed by atoms with Gasteiger partial charge in [-0.3, -0.25) is 0 Å². The van der Waals surface area contributed by atoms with Gasteiger partial charge in [0.05, 0.1) is 6.20 Å². The van der Waals surface area contributed by atoms with Gasteiger partial charge >= 0.3 is 0 Å². The highest BCUT2D eigenvalue weighted by Gasteiger charge is 2.03. The van der Waals surface area contributed by atoms with Gasteiger partial charge in [0.15, 0.2) is 10.4 Å². The molecule has 3 nitrogen and oxygen atoms in total. The summed E-state index contributed by atoms with van der Waals surface area (Å²) in [6.07, 6.45) is 1.68. The van der Waals surface area contributed by atoms with E-state index in [1.807, 2.05) is 37.3 Å². The van der Waals surface area contributed by atoms with Gasteiger partial charge in [-0.1, -0.05) is 30.3 Å². The van der Waals surface area contributed by atoms with Crippen molar-refractivity contribution in [2.75, 3.05) is 0 Å². The van der Waals surface area contributed by atoms with E-state index in [1.54, 1.807) is 6.20 Å². The third kappa shape index (κ3) is 2.79. The second kappa shape index (κ2) is 5.07. The fourth-order valence-electron chi connectivity index (χ4n) is 1.26. The SMILES string of the molecule is Cc1ncc(OCc2ccccc2)c(Br)n1. The van der Waals surface area contributed by atoms with Gasteiger partial charge in [0, 0.05) is 0 Å². The smallest absolute Gasteiger partial charge is 0.170 e. The number of benzene rings is 1. The molecule has 0 amide bonds. The van der Waals surface area contributed by atoms with Crippen LogP contribution in [0.25, 0.3) is 0 Å². The van der Waals surface area contributed by atoms with Crippen LogP contribution in [0.3, 0.4) is 0 Å². The first-order valence-corrected chi connectivity index (χ1v) is 5.71. The number of hydrogen-bond acceptors (Lipinski definition) is 3. The maximum Gasteiger partial charge on any atom is 0.170 e. The number of nitrogens with zero attached hydrogens (tertiary/aromatic N) is 2. The zero-order chi connectivity index (χ0) is 11.4. The molecule has 0 N–H and O–H groups in total. The van der Waals surface area contributed by atoms with E-state index >= 15 is 0 Å². The molecule has 0 aliphatic rings. The molecule has 1 heterocycles. The number of hydrogen-bond donors (Lipinski definition) is 0. The second-order valence-electron chi connectivity index (χ2n) is 3.35. The Kier molecular flexibility index (Phi) is 3.51. The monoisotopic (exact) mass is 278 g/mol. The largest absolute Gasteiger partial charge is 0.484 e. The molecule has 0 aliphatic carbocycles. The standard InChI is InChI=1S/C12H11BrN2O/c1-9-14-7-11(12(13)15-9)16-8-10-5-3-2-4-6-10/h2-7H,8H2,1H3. The first kappa shape index (κ1) is 11.1. The maximum atomic E-state index is 5.61. The van der Waals surface area contributed by atoms with Crippen LogP contribution in [0.5, 0.6) is 5.75 Å². The Labute approximate surface area is 103 Å². The molecule has 0 fully saturated rings. The van der Waals surface area contributed by atoms with Crippen LogP contribution in [0, 0.1) is 6.92 Å². The van der Waals surface area contributed by atoms with Gasteiger partial charge in [0.1, 0.15) is 12.4 Å². The average molecular weight is 279 g/mol. The molecule has 1 aromatic carbocycles. The fourth-order valence-corrected chi connectivity index (χ4v) is 1.74. The number of ether oxygens (including phenoxy) is 1. The molecule has 0 unspecified atom stereocenters. The van der Waals surface area contributed by atoms with Crippen LogP contribution in [0.15, 0.2) is 41.1 Å². The van der Waals surface area contributed by atoms with Crippen molar-refractivity contribution < 1.29 is 4.74 Å². The predicted molar refractivity (Wildman–Crippen MR) is 65.2 cm³/mol. The van der Waals surface area contributed by atoms with E-state index in [0.717, 1.165) is 11.4 Å². The lowest BCUT2D eigenvalue weighted by Gasteiger charge is -2.07. The summed E-state index contributed by atoms with van der Waals surface area (Å²) in [5.41, 5.74) is 1.12. The lowest BCUT2D eigenvalue weighted by atomic mass is 10.2. The molecule has 1 aromatic heterocycles. The van der Waals surface area contributed by atoms with Crippen LogP contribution < -0.4 is 4.74 Å². The van der Waals surface area contributed by atoms with E-state index in [1.165, 1.54) is 0 Å². The molecule has 0 aliphatic heterocycles. The Morgan fingerprint density at radius 2 is 2.00 bits per heavy atom. The zero-order valence-corrected chi connectivity index (χ0v) is 10.4. The molecule has 0 saturated heterocycles. The lowest BCUT2D eigenvalue weighted by Crippen LogP contribution is -1.98. The Bertz CT molecular complexity index is 474. The number of halogens is 1. The van der Waals surface area contributed by atoms with Crippen molar-refractivity contribution in [1.29, 1.82) is 0 Å². The highest BCUT2D eigenvalue weighted by molar-refractivity contribution is 9.10. The molecular weight excluding hydrogens is 268 g/mol. The van der Waals surface area contributed by atoms with Crippen LogP contribution in [0.1, 0.15) is 11.4 Å². The summed E-state index contributed by atoms with van der Waals surface area (Å²) >= 11 is 3.34. The number of aromatic nitrogens is 2. The molecular formula is C12H11BrN2O. The third-order valence-electron chi connectivity index (χ3n) is 2.07. The van der Waals surface area contributed by atoms with Crippen molar-refractivity contribution in [1.82, 2.24) is 9.97 Å². The van der Waals surface area contributed by atoms with Crippen LogP contribution in [0.4, 0.5) is 0 Å². The molecule has 0 bridgehead atoms. The zero-order valence-electron chi connectivity index (χ0n) is 8.85. The van der Waals surface area contributed by atoms with Crippen molar-refractivity contribution in [3.63, 3.8) is 0 Å². The molecule has 0 radical (unpaired) electrons. The summed E-state index contributed by atoms with van der Waals surface area (Å²) < 4.78 is 6.30. The summed E-state index contributed by atoms with van der Waals surface area (Å²) in [5, 5.41) is 0. The lowest BCUT2D eigenvalue weighted by molar-refractivity contribution is 0.301. The quantitative estimate of drug-likeness (QED) is 0.810. The van der Waals surface area contributed by atoms with Crippen molar-refractivity contribution in [2.24, 2.45) is 0 Å². The molecule has 0 atom stereocenters. The highest BCUT2D eigenvalue weighted by atomic mass is 79.9. The van der Waals surface area contributed by atoms with Gasteiger partial charge < -0.3 is 4.74 Å². The van der Waals surface area contributed by atoms with E-state index in [4.69, 9.17) is 4.74 Å². The third-order valence-corrected chi connectivity index (χ3v) is 2.64. The molecule has 2 rings (SSSR count). The summed E-state index contributed by atoms with van der Waals surface area (Å²) in [5.74, 6) is 1.38. The Balaban J connectivity index is 2.05. The fraction of sp³-hybridized carbons (Fsp3) is 0.167. The van der Waals surface area contributed by atoms with Gasteiger partial charge in [-0.2, -0.15) is 0 Å². The van der Waals surface area contributed by atoms with Crippen molar-refractivity contribution in [3.8, 4) is 5.75 Å². The minimum atomic E-state index is 0.520. The number of rotatable bonds is 3. The average Bonchev–Trinajstić information content (AvgIpc) is 2.29. The van der Waals surface area contributed by atoms with Gasteiger partial charge in [0.2, 0.25) is 0 Å².